The zero-order valence-electron chi connectivity index (χ0n) is 19.0. The number of ether oxygens (including phenoxy) is 1. The van der Waals surface area contributed by atoms with Crippen molar-refractivity contribution in [2.45, 2.75) is 59.5 Å². The first-order valence-electron chi connectivity index (χ1n) is 10.4. The first-order valence-corrected chi connectivity index (χ1v) is 10.4. The van der Waals surface area contributed by atoms with Crippen molar-refractivity contribution in [1.29, 1.82) is 0 Å². The topological polar surface area (TPSA) is 58.6 Å². The van der Waals surface area contributed by atoms with Crippen LogP contribution in [0.25, 0.3) is 0 Å². The summed E-state index contributed by atoms with van der Waals surface area (Å²) in [4.78, 5) is 27.4. The summed E-state index contributed by atoms with van der Waals surface area (Å²) < 4.78 is 5.77. The molecule has 0 radical (unpaired) electrons. The molecule has 5 heteroatoms. The Morgan fingerprint density at radius 1 is 1.03 bits per heavy atom. The molecule has 0 heterocycles. The monoisotopic (exact) mass is 410 g/mol. The molecule has 5 nitrogen and oxygen atoms in total. The zero-order chi connectivity index (χ0) is 22.3. The summed E-state index contributed by atoms with van der Waals surface area (Å²) in [5, 5.41) is 2.97. The summed E-state index contributed by atoms with van der Waals surface area (Å²) in [7, 11) is 0. The summed E-state index contributed by atoms with van der Waals surface area (Å²) in [6.07, 6.45) is 0.670. The number of hydrogen-bond donors (Lipinski definition) is 1. The van der Waals surface area contributed by atoms with Crippen molar-refractivity contribution in [1.82, 2.24) is 10.2 Å². The number of carbonyl (C=O) groups is 2. The van der Waals surface area contributed by atoms with Crippen LogP contribution >= 0.6 is 0 Å². The van der Waals surface area contributed by atoms with Crippen molar-refractivity contribution in [3.8, 4) is 5.75 Å². The van der Waals surface area contributed by atoms with Gasteiger partial charge in [-0.15, -0.1) is 0 Å². The summed E-state index contributed by atoms with van der Waals surface area (Å²) in [6, 6.07) is 15.2. The van der Waals surface area contributed by atoms with E-state index in [0.29, 0.717) is 18.7 Å². The van der Waals surface area contributed by atoms with E-state index < -0.39 is 6.04 Å². The minimum Gasteiger partial charge on any atom is -0.484 e. The SMILES string of the molecule is Cc1cc(C)cc(OCC(=O)N(CCc2ccccc2)[C@H](C)C(=O)NC(C)(C)C)c1. The standard InChI is InChI=1S/C25H34N2O3/c1-18-14-19(2)16-22(15-18)30-17-23(28)27(13-12-21-10-8-7-9-11-21)20(3)24(29)26-25(4,5)6/h7-11,14-16,20H,12-13,17H2,1-6H3,(H,26,29)/t20-/m1/s1. The molecule has 30 heavy (non-hydrogen) atoms. The molecule has 0 saturated heterocycles. The Kier molecular flexibility index (Phi) is 8.04. The van der Waals surface area contributed by atoms with Gasteiger partial charge in [0.25, 0.3) is 5.91 Å². The fourth-order valence-electron chi connectivity index (χ4n) is 3.29. The van der Waals surface area contributed by atoms with E-state index in [1.54, 1.807) is 11.8 Å². The highest BCUT2D eigenvalue weighted by Gasteiger charge is 2.28. The lowest BCUT2D eigenvalue weighted by molar-refractivity contribution is -0.142. The second kappa shape index (κ2) is 10.3. The summed E-state index contributed by atoms with van der Waals surface area (Å²) >= 11 is 0. The van der Waals surface area contributed by atoms with E-state index in [1.165, 1.54) is 0 Å². The molecule has 0 spiro atoms. The number of amides is 2. The third-order valence-corrected chi connectivity index (χ3v) is 4.71. The molecule has 2 amide bonds. The number of nitrogens with zero attached hydrogens (tertiary/aromatic N) is 1. The maximum Gasteiger partial charge on any atom is 0.261 e. The average Bonchev–Trinajstić information content (AvgIpc) is 2.65. The van der Waals surface area contributed by atoms with Crippen molar-refractivity contribution in [2.24, 2.45) is 0 Å². The van der Waals surface area contributed by atoms with Gasteiger partial charge in [0.15, 0.2) is 6.61 Å². The fraction of sp³-hybridized carbons (Fsp3) is 0.440. The van der Waals surface area contributed by atoms with Crippen molar-refractivity contribution in [3.05, 3.63) is 65.2 Å². The van der Waals surface area contributed by atoms with Gasteiger partial charge in [-0.3, -0.25) is 9.59 Å². The first-order chi connectivity index (χ1) is 14.0. The maximum absolute atomic E-state index is 13.0. The van der Waals surface area contributed by atoms with Gasteiger partial charge < -0.3 is 15.0 Å². The number of aryl methyl sites for hydroxylation is 2. The van der Waals surface area contributed by atoms with Crippen molar-refractivity contribution < 1.29 is 14.3 Å². The van der Waals surface area contributed by atoms with Crippen LogP contribution in [0, 0.1) is 13.8 Å². The normalized spacial score (nSPS) is 12.2. The number of benzene rings is 2. The predicted molar refractivity (Wildman–Crippen MR) is 121 cm³/mol. The Hall–Kier alpha value is -2.82. The van der Waals surface area contributed by atoms with Crippen LogP contribution in [-0.4, -0.2) is 41.4 Å². The highest BCUT2D eigenvalue weighted by Crippen LogP contribution is 2.17. The molecule has 2 aromatic carbocycles. The quantitative estimate of drug-likeness (QED) is 0.714. The molecular weight excluding hydrogens is 376 g/mol. The highest BCUT2D eigenvalue weighted by atomic mass is 16.5. The molecule has 0 aromatic heterocycles. The molecule has 0 fully saturated rings. The van der Waals surface area contributed by atoms with Crippen LogP contribution in [0.2, 0.25) is 0 Å². The van der Waals surface area contributed by atoms with Gasteiger partial charge in [0, 0.05) is 12.1 Å². The van der Waals surface area contributed by atoms with Gasteiger partial charge in [-0.2, -0.15) is 0 Å². The second-order valence-corrected chi connectivity index (χ2v) is 8.85. The van der Waals surface area contributed by atoms with Gasteiger partial charge in [0.05, 0.1) is 0 Å². The molecule has 162 valence electrons. The number of rotatable bonds is 8. The zero-order valence-corrected chi connectivity index (χ0v) is 19.0. The third-order valence-electron chi connectivity index (χ3n) is 4.71. The minimum atomic E-state index is -0.594. The Morgan fingerprint density at radius 2 is 1.63 bits per heavy atom. The van der Waals surface area contributed by atoms with Gasteiger partial charge in [-0.25, -0.2) is 0 Å². The lowest BCUT2D eigenvalue weighted by Gasteiger charge is -2.31. The summed E-state index contributed by atoms with van der Waals surface area (Å²) in [6.45, 7) is 11.9. The van der Waals surface area contributed by atoms with E-state index in [-0.39, 0.29) is 24.0 Å². The van der Waals surface area contributed by atoms with Crippen LogP contribution in [0.3, 0.4) is 0 Å². The third kappa shape index (κ3) is 7.54. The van der Waals surface area contributed by atoms with Crippen molar-refractivity contribution >= 4 is 11.8 Å². The maximum atomic E-state index is 13.0. The van der Waals surface area contributed by atoms with Crippen molar-refractivity contribution in [2.75, 3.05) is 13.2 Å². The van der Waals surface area contributed by atoms with Gasteiger partial charge in [-0.05, 0) is 76.8 Å². The number of nitrogens with one attached hydrogen (secondary N) is 1. The van der Waals surface area contributed by atoms with E-state index in [1.807, 2.05) is 77.1 Å². The molecular formula is C25H34N2O3. The molecule has 2 rings (SSSR count). The first kappa shape index (κ1) is 23.5. The molecule has 0 aliphatic heterocycles. The molecule has 0 aliphatic carbocycles. The predicted octanol–water partition coefficient (Wildman–Crippen LogP) is 4.06. The van der Waals surface area contributed by atoms with E-state index in [2.05, 4.69) is 11.4 Å². The van der Waals surface area contributed by atoms with Crippen LogP contribution in [0.4, 0.5) is 0 Å². The van der Waals surface area contributed by atoms with E-state index >= 15 is 0 Å². The lowest BCUT2D eigenvalue weighted by Crippen LogP contribution is -2.53. The molecule has 0 unspecified atom stereocenters. The Labute approximate surface area is 180 Å². The van der Waals surface area contributed by atoms with Crippen LogP contribution in [-0.2, 0) is 16.0 Å². The Bertz CT molecular complexity index is 836. The summed E-state index contributed by atoms with van der Waals surface area (Å²) in [5.41, 5.74) is 2.91. The fourth-order valence-corrected chi connectivity index (χ4v) is 3.29. The van der Waals surface area contributed by atoms with E-state index in [0.717, 1.165) is 16.7 Å². The van der Waals surface area contributed by atoms with Gasteiger partial charge in [-0.1, -0.05) is 36.4 Å². The van der Waals surface area contributed by atoms with Crippen LogP contribution in [0.5, 0.6) is 5.75 Å². The average molecular weight is 411 g/mol. The molecule has 0 bridgehead atoms. The van der Waals surface area contributed by atoms with Gasteiger partial charge in [0.1, 0.15) is 11.8 Å². The van der Waals surface area contributed by atoms with Crippen LogP contribution in [0.15, 0.2) is 48.5 Å². The molecule has 1 atom stereocenters. The van der Waals surface area contributed by atoms with E-state index in [9.17, 15) is 9.59 Å². The minimum absolute atomic E-state index is 0.106. The van der Waals surface area contributed by atoms with Crippen molar-refractivity contribution in [3.63, 3.8) is 0 Å². The van der Waals surface area contributed by atoms with E-state index in [4.69, 9.17) is 4.74 Å². The Morgan fingerprint density at radius 3 is 2.20 bits per heavy atom. The molecule has 2 aromatic rings. The molecule has 0 saturated carbocycles. The van der Waals surface area contributed by atoms with Gasteiger partial charge >= 0.3 is 0 Å². The number of carbonyl (C=O) groups excluding carboxylic acids is 2. The molecule has 1 N–H and O–H groups in total. The Balaban J connectivity index is 2.11. The summed E-state index contributed by atoms with van der Waals surface area (Å²) in [5.74, 6) is 0.285. The van der Waals surface area contributed by atoms with Crippen LogP contribution < -0.4 is 10.1 Å². The smallest absolute Gasteiger partial charge is 0.261 e. The largest absolute Gasteiger partial charge is 0.484 e. The highest BCUT2D eigenvalue weighted by molar-refractivity contribution is 5.88. The molecule has 0 aliphatic rings. The lowest BCUT2D eigenvalue weighted by atomic mass is 10.1. The second-order valence-electron chi connectivity index (χ2n) is 8.85. The van der Waals surface area contributed by atoms with Crippen LogP contribution in [0.1, 0.15) is 44.4 Å². The van der Waals surface area contributed by atoms with Gasteiger partial charge in [0.2, 0.25) is 5.91 Å². The number of hydrogen-bond acceptors (Lipinski definition) is 3.